The summed E-state index contributed by atoms with van der Waals surface area (Å²) < 4.78 is 27.1. The van der Waals surface area contributed by atoms with E-state index in [1.807, 2.05) is 13.0 Å². The molecular formula is C18H21N3O3S. The molecule has 0 aliphatic carbocycles. The van der Waals surface area contributed by atoms with Gasteiger partial charge in [-0.3, -0.25) is 9.78 Å². The summed E-state index contributed by atoms with van der Waals surface area (Å²) >= 11 is 0. The first-order chi connectivity index (χ1) is 12.0. The van der Waals surface area contributed by atoms with E-state index in [0.29, 0.717) is 25.9 Å². The fourth-order valence-corrected chi connectivity index (χ4v) is 4.60. The van der Waals surface area contributed by atoms with Gasteiger partial charge in [0, 0.05) is 25.5 Å². The zero-order chi connectivity index (χ0) is 17.9. The van der Waals surface area contributed by atoms with Crippen LogP contribution >= 0.6 is 0 Å². The molecule has 1 fully saturated rings. The summed E-state index contributed by atoms with van der Waals surface area (Å²) in [5, 5.41) is 2.82. The molecule has 1 N–H and O–H groups in total. The second-order valence-electron chi connectivity index (χ2n) is 6.17. The normalized spacial score (nSPS) is 18.2. The van der Waals surface area contributed by atoms with E-state index in [1.165, 1.54) is 4.31 Å². The average molecular weight is 359 g/mol. The Bertz CT molecular complexity index is 836. The van der Waals surface area contributed by atoms with E-state index < -0.39 is 16.1 Å². The summed E-state index contributed by atoms with van der Waals surface area (Å²) in [6.07, 6.45) is 4.55. The van der Waals surface area contributed by atoms with Crippen molar-refractivity contribution < 1.29 is 13.2 Å². The quantitative estimate of drug-likeness (QED) is 0.884. The molecule has 2 heterocycles. The van der Waals surface area contributed by atoms with Crippen molar-refractivity contribution >= 4 is 15.9 Å². The van der Waals surface area contributed by atoms with Gasteiger partial charge in [-0.15, -0.1) is 0 Å². The number of hydrogen-bond donors (Lipinski definition) is 1. The Morgan fingerprint density at radius 3 is 2.72 bits per heavy atom. The molecule has 1 saturated heterocycles. The van der Waals surface area contributed by atoms with Crippen LogP contribution in [-0.4, -0.2) is 36.2 Å². The lowest BCUT2D eigenvalue weighted by Gasteiger charge is -2.23. The highest BCUT2D eigenvalue weighted by Gasteiger charge is 2.39. The first kappa shape index (κ1) is 17.6. The summed E-state index contributed by atoms with van der Waals surface area (Å²) in [4.78, 5) is 16.8. The molecule has 1 amide bonds. The van der Waals surface area contributed by atoms with Gasteiger partial charge in [0.1, 0.15) is 6.04 Å². The van der Waals surface area contributed by atoms with Crippen molar-refractivity contribution in [2.24, 2.45) is 0 Å². The second kappa shape index (κ2) is 7.33. The van der Waals surface area contributed by atoms with Crippen LogP contribution in [0.5, 0.6) is 0 Å². The summed E-state index contributed by atoms with van der Waals surface area (Å²) in [5.41, 5.74) is 1.87. The molecule has 1 aromatic heterocycles. The Balaban J connectivity index is 1.73. The lowest BCUT2D eigenvalue weighted by atomic mass is 10.2. The third kappa shape index (κ3) is 3.88. The highest BCUT2D eigenvalue weighted by atomic mass is 32.2. The average Bonchev–Trinajstić information content (AvgIpc) is 3.12. The number of nitrogens with zero attached hydrogens (tertiary/aromatic N) is 2. The minimum Gasteiger partial charge on any atom is -0.351 e. The van der Waals surface area contributed by atoms with Crippen molar-refractivity contribution in [2.75, 3.05) is 6.54 Å². The fourth-order valence-electron chi connectivity index (χ4n) is 2.95. The van der Waals surface area contributed by atoms with Crippen LogP contribution in [0, 0.1) is 6.92 Å². The van der Waals surface area contributed by atoms with Gasteiger partial charge in [-0.25, -0.2) is 8.42 Å². The van der Waals surface area contributed by atoms with Gasteiger partial charge in [-0.05, 0) is 43.5 Å². The van der Waals surface area contributed by atoms with E-state index >= 15 is 0 Å². The van der Waals surface area contributed by atoms with Crippen LogP contribution in [0.15, 0.2) is 53.7 Å². The predicted molar refractivity (Wildman–Crippen MR) is 94.2 cm³/mol. The van der Waals surface area contributed by atoms with Crippen LogP contribution in [0.2, 0.25) is 0 Å². The number of carbonyl (C=O) groups is 1. The molecule has 0 spiro atoms. The Morgan fingerprint density at radius 2 is 2.04 bits per heavy atom. The van der Waals surface area contributed by atoms with Crippen LogP contribution in [0.25, 0.3) is 0 Å². The Morgan fingerprint density at radius 1 is 1.28 bits per heavy atom. The molecule has 0 unspecified atom stereocenters. The standard InChI is InChI=1S/C18H21N3O3S/c1-14-6-8-16(9-7-14)25(23,24)21-11-3-5-17(21)18(22)20-13-15-4-2-10-19-12-15/h2,4,6-10,12,17H,3,5,11,13H2,1H3,(H,20,22)/t17-/m0/s1. The van der Waals surface area contributed by atoms with Gasteiger partial charge in [-0.1, -0.05) is 23.8 Å². The zero-order valence-corrected chi connectivity index (χ0v) is 14.9. The molecule has 2 aromatic rings. The minimum atomic E-state index is -3.67. The van der Waals surface area contributed by atoms with Gasteiger partial charge in [0.05, 0.1) is 4.90 Å². The Hall–Kier alpha value is -2.25. The molecule has 1 aliphatic heterocycles. The molecular weight excluding hydrogens is 338 g/mol. The lowest BCUT2D eigenvalue weighted by molar-refractivity contribution is -0.124. The third-order valence-corrected chi connectivity index (χ3v) is 6.25. The molecule has 1 aromatic carbocycles. The topological polar surface area (TPSA) is 79.4 Å². The molecule has 0 radical (unpaired) electrons. The number of aromatic nitrogens is 1. The third-order valence-electron chi connectivity index (χ3n) is 4.32. The van der Waals surface area contributed by atoms with Gasteiger partial charge in [-0.2, -0.15) is 4.31 Å². The van der Waals surface area contributed by atoms with Crippen LogP contribution in [0.3, 0.4) is 0 Å². The summed E-state index contributed by atoms with van der Waals surface area (Å²) in [6, 6.07) is 9.71. The van der Waals surface area contributed by atoms with Gasteiger partial charge < -0.3 is 5.32 Å². The first-order valence-electron chi connectivity index (χ1n) is 8.23. The SMILES string of the molecule is Cc1ccc(S(=O)(=O)N2CCC[C@H]2C(=O)NCc2cccnc2)cc1. The maximum absolute atomic E-state index is 12.9. The van der Waals surface area contributed by atoms with E-state index in [1.54, 1.807) is 42.7 Å². The van der Waals surface area contributed by atoms with E-state index in [0.717, 1.165) is 11.1 Å². The van der Waals surface area contributed by atoms with Crippen LogP contribution in [-0.2, 0) is 21.4 Å². The molecule has 1 aliphatic rings. The fraction of sp³-hybridized carbons (Fsp3) is 0.333. The van der Waals surface area contributed by atoms with Crippen LogP contribution < -0.4 is 5.32 Å². The maximum Gasteiger partial charge on any atom is 0.243 e. The predicted octanol–water partition coefficient (Wildman–Crippen LogP) is 1.86. The number of benzene rings is 1. The number of pyridine rings is 1. The second-order valence-corrected chi connectivity index (χ2v) is 8.06. The van der Waals surface area contributed by atoms with Gasteiger partial charge in [0.15, 0.2) is 0 Å². The Labute approximate surface area is 147 Å². The molecule has 3 rings (SSSR count). The van der Waals surface area contributed by atoms with E-state index in [4.69, 9.17) is 0 Å². The van der Waals surface area contributed by atoms with E-state index in [-0.39, 0.29) is 10.8 Å². The number of aryl methyl sites for hydroxylation is 1. The van der Waals surface area contributed by atoms with Crippen molar-refractivity contribution in [3.8, 4) is 0 Å². The van der Waals surface area contributed by atoms with Gasteiger partial charge >= 0.3 is 0 Å². The summed E-state index contributed by atoms with van der Waals surface area (Å²) in [7, 11) is -3.67. The minimum absolute atomic E-state index is 0.227. The van der Waals surface area contributed by atoms with Crippen LogP contribution in [0.4, 0.5) is 0 Å². The smallest absolute Gasteiger partial charge is 0.243 e. The number of hydrogen-bond acceptors (Lipinski definition) is 4. The van der Waals surface area contributed by atoms with E-state index in [2.05, 4.69) is 10.3 Å². The molecule has 0 saturated carbocycles. The molecule has 6 nitrogen and oxygen atoms in total. The van der Waals surface area contributed by atoms with Gasteiger partial charge in [0.2, 0.25) is 15.9 Å². The number of carbonyl (C=O) groups excluding carboxylic acids is 1. The van der Waals surface area contributed by atoms with Crippen LogP contribution in [0.1, 0.15) is 24.0 Å². The molecule has 132 valence electrons. The summed E-state index contributed by atoms with van der Waals surface area (Å²) in [6.45, 7) is 2.60. The van der Waals surface area contributed by atoms with Crippen molar-refractivity contribution in [3.63, 3.8) is 0 Å². The number of sulfonamides is 1. The molecule has 25 heavy (non-hydrogen) atoms. The number of rotatable bonds is 5. The largest absolute Gasteiger partial charge is 0.351 e. The van der Waals surface area contributed by atoms with Crippen molar-refractivity contribution in [3.05, 3.63) is 59.9 Å². The monoisotopic (exact) mass is 359 g/mol. The molecule has 0 bridgehead atoms. The lowest BCUT2D eigenvalue weighted by Crippen LogP contribution is -2.45. The number of nitrogens with one attached hydrogen (secondary N) is 1. The zero-order valence-electron chi connectivity index (χ0n) is 14.1. The Kier molecular flexibility index (Phi) is 5.15. The van der Waals surface area contributed by atoms with Gasteiger partial charge in [0.25, 0.3) is 0 Å². The first-order valence-corrected chi connectivity index (χ1v) is 9.67. The van der Waals surface area contributed by atoms with Crippen molar-refractivity contribution in [1.82, 2.24) is 14.6 Å². The van der Waals surface area contributed by atoms with Crippen molar-refractivity contribution in [1.29, 1.82) is 0 Å². The maximum atomic E-state index is 12.9. The summed E-state index contributed by atoms with van der Waals surface area (Å²) in [5.74, 6) is -0.267. The van der Waals surface area contributed by atoms with Crippen molar-refractivity contribution in [2.45, 2.75) is 37.2 Å². The molecule has 1 atom stereocenters. The van der Waals surface area contributed by atoms with E-state index in [9.17, 15) is 13.2 Å². The highest BCUT2D eigenvalue weighted by Crippen LogP contribution is 2.26. The highest BCUT2D eigenvalue weighted by molar-refractivity contribution is 7.89. The molecule has 7 heteroatoms. The number of amides is 1.